The smallest absolute Gasteiger partial charge is 0.222 e. The van der Waals surface area contributed by atoms with E-state index in [2.05, 4.69) is 0 Å². The Bertz CT molecular complexity index is 84.9. The normalized spacial score (nSPS) is 9.88. The van der Waals surface area contributed by atoms with E-state index >= 15 is 0 Å². The predicted octanol–water partition coefficient (Wildman–Crippen LogP) is 0.515. The predicted molar refractivity (Wildman–Crippen MR) is 28.6 cm³/mol. The van der Waals surface area contributed by atoms with E-state index in [0.717, 1.165) is 0 Å². The van der Waals surface area contributed by atoms with Crippen LogP contribution in [0, 0.1) is 5.41 Å². The van der Waals surface area contributed by atoms with Crippen LogP contribution >= 0.6 is 0 Å². The maximum atomic E-state index is 10.2. The molecule has 0 aromatic heterocycles. The molecule has 0 fully saturated rings. The number of carbonyl (C=O) groups excluding carboxylic acids is 1. The molecular formula is C5H11CrNO. The van der Waals surface area contributed by atoms with Crippen LogP contribution in [0.1, 0.15) is 20.8 Å². The van der Waals surface area contributed by atoms with Crippen molar-refractivity contribution in [3.63, 3.8) is 0 Å². The van der Waals surface area contributed by atoms with Gasteiger partial charge in [0.1, 0.15) is 0 Å². The third-order valence-corrected chi connectivity index (χ3v) is 0.739. The molecule has 0 saturated carbocycles. The van der Waals surface area contributed by atoms with Gasteiger partial charge in [-0.2, -0.15) is 0 Å². The summed E-state index contributed by atoms with van der Waals surface area (Å²) in [5, 5.41) is 0. The molecule has 0 radical (unpaired) electrons. The maximum absolute atomic E-state index is 10.2. The molecule has 8 heavy (non-hydrogen) atoms. The standard InChI is InChI=1S/C5H11NO.Cr/c1-5(2,3)4(6)7;/h1-3H3,(H2,6,7);. The van der Waals surface area contributed by atoms with Gasteiger partial charge in [0.15, 0.2) is 0 Å². The third-order valence-electron chi connectivity index (χ3n) is 0.739. The zero-order valence-corrected chi connectivity index (χ0v) is 6.67. The molecule has 0 rings (SSSR count). The Hall–Kier alpha value is 0.00247. The molecule has 0 saturated heterocycles. The summed E-state index contributed by atoms with van der Waals surface area (Å²) in [7, 11) is 0. The Balaban J connectivity index is 0. The van der Waals surface area contributed by atoms with E-state index in [4.69, 9.17) is 5.73 Å². The van der Waals surface area contributed by atoms with Gasteiger partial charge in [0.25, 0.3) is 0 Å². The minimum absolute atomic E-state index is 0. The summed E-state index contributed by atoms with van der Waals surface area (Å²) in [6.07, 6.45) is 0. The Kier molecular flexibility index (Phi) is 4.24. The summed E-state index contributed by atoms with van der Waals surface area (Å²) in [4.78, 5) is 10.2. The van der Waals surface area contributed by atoms with Gasteiger partial charge in [0.2, 0.25) is 5.91 Å². The minimum Gasteiger partial charge on any atom is -0.369 e. The number of nitrogens with two attached hydrogens (primary N) is 1. The van der Waals surface area contributed by atoms with Crippen LogP contribution in [0.4, 0.5) is 0 Å². The monoisotopic (exact) mass is 153 g/mol. The van der Waals surface area contributed by atoms with Crippen molar-refractivity contribution in [2.75, 3.05) is 0 Å². The van der Waals surface area contributed by atoms with Gasteiger partial charge >= 0.3 is 0 Å². The summed E-state index contributed by atoms with van der Waals surface area (Å²) >= 11 is 0. The van der Waals surface area contributed by atoms with Gasteiger partial charge in [0, 0.05) is 22.8 Å². The number of carbonyl (C=O) groups is 1. The average Bonchev–Trinajstić information content (AvgIpc) is 1.31. The topological polar surface area (TPSA) is 43.1 Å². The molecule has 0 aromatic carbocycles. The van der Waals surface area contributed by atoms with Crippen molar-refractivity contribution in [1.29, 1.82) is 0 Å². The van der Waals surface area contributed by atoms with E-state index in [1.165, 1.54) is 0 Å². The largest absolute Gasteiger partial charge is 0.369 e. The van der Waals surface area contributed by atoms with Crippen LogP contribution in [0.2, 0.25) is 0 Å². The molecule has 0 spiro atoms. The van der Waals surface area contributed by atoms with Crippen LogP contribution in [0.3, 0.4) is 0 Å². The molecule has 0 atom stereocenters. The van der Waals surface area contributed by atoms with Gasteiger partial charge in [-0.15, -0.1) is 0 Å². The molecule has 0 bridgehead atoms. The molecule has 1 amide bonds. The van der Waals surface area contributed by atoms with Crippen molar-refractivity contribution in [2.45, 2.75) is 20.8 Å². The van der Waals surface area contributed by atoms with Crippen LogP contribution in [0.5, 0.6) is 0 Å². The number of hydrogen-bond acceptors (Lipinski definition) is 1. The summed E-state index contributed by atoms with van der Waals surface area (Å²) in [5.74, 6) is -0.257. The molecule has 0 aliphatic carbocycles. The van der Waals surface area contributed by atoms with E-state index in [-0.39, 0.29) is 28.7 Å². The van der Waals surface area contributed by atoms with Crippen molar-refractivity contribution < 1.29 is 22.2 Å². The zero-order valence-electron chi connectivity index (χ0n) is 5.39. The minimum atomic E-state index is -0.361. The van der Waals surface area contributed by atoms with E-state index in [0.29, 0.717) is 0 Å². The van der Waals surface area contributed by atoms with E-state index in [9.17, 15) is 4.79 Å². The molecule has 0 aliphatic rings. The first-order valence-corrected chi connectivity index (χ1v) is 2.24. The van der Waals surface area contributed by atoms with Gasteiger partial charge in [-0.05, 0) is 0 Å². The van der Waals surface area contributed by atoms with Gasteiger partial charge in [-0.3, -0.25) is 4.79 Å². The summed E-state index contributed by atoms with van der Waals surface area (Å²) in [6.45, 7) is 5.36. The van der Waals surface area contributed by atoms with Crippen molar-refractivity contribution in [1.82, 2.24) is 0 Å². The third kappa shape index (κ3) is 4.17. The number of hydrogen-bond donors (Lipinski definition) is 1. The Labute approximate surface area is 60.6 Å². The average molecular weight is 153 g/mol. The summed E-state index contributed by atoms with van der Waals surface area (Å²) in [5.41, 5.74) is 4.57. The molecule has 3 heteroatoms. The number of primary amides is 1. The van der Waals surface area contributed by atoms with Crippen LogP contribution < -0.4 is 5.73 Å². The first kappa shape index (κ1) is 10.9. The molecule has 0 aliphatic heterocycles. The molecule has 2 nitrogen and oxygen atoms in total. The fourth-order valence-electron chi connectivity index (χ4n) is 0. The molecule has 0 heterocycles. The number of rotatable bonds is 0. The first-order chi connectivity index (χ1) is 2.94. The molecule has 0 unspecified atom stereocenters. The first-order valence-electron chi connectivity index (χ1n) is 2.24. The van der Waals surface area contributed by atoms with Crippen molar-refractivity contribution in [3.8, 4) is 0 Å². The zero-order chi connectivity index (χ0) is 6.08. The number of amides is 1. The van der Waals surface area contributed by atoms with Gasteiger partial charge in [0.05, 0.1) is 0 Å². The quantitative estimate of drug-likeness (QED) is 0.541. The van der Waals surface area contributed by atoms with Crippen molar-refractivity contribution in [3.05, 3.63) is 0 Å². The SMILES string of the molecule is CC(C)(C)C(N)=O.[Cr]. The van der Waals surface area contributed by atoms with E-state index < -0.39 is 0 Å². The molecular weight excluding hydrogens is 142 g/mol. The van der Waals surface area contributed by atoms with Crippen molar-refractivity contribution in [2.24, 2.45) is 11.1 Å². The van der Waals surface area contributed by atoms with Crippen molar-refractivity contribution >= 4 is 5.91 Å². The van der Waals surface area contributed by atoms with E-state index in [1.807, 2.05) is 0 Å². The van der Waals surface area contributed by atoms with Crippen LogP contribution in [0.25, 0.3) is 0 Å². The molecule has 0 aromatic rings. The van der Waals surface area contributed by atoms with Crippen LogP contribution in [0.15, 0.2) is 0 Å². The van der Waals surface area contributed by atoms with Gasteiger partial charge in [-0.25, -0.2) is 0 Å². The Morgan fingerprint density at radius 2 is 1.50 bits per heavy atom. The molecule has 48 valence electrons. The van der Waals surface area contributed by atoms with Gasteiger partial charge < -0.3 is 5.73 Å². The maximum Gasteiger partial charge on any atom is 0.222 e. The summed E-state index contributed by atoms with van der Waals surface area (Å²) in [6, 6.07) is 0. The molecule has 2 N–H and O–H groups in total. The summed E-state index contributed by atoms with van der Waals surface area (Å²) < 4.78 is 0. The Morgan fingerprint density at radius 3 is 1.50 bits per heavy atom. The van der Waals surface area contributed by atoms with Gasteiger partial charge in [-0.1, -0.05) is 20.8 Å². The fourth-order valence-corrected chi connectivity index (χ4v) is 0. The fraction of sp³-hybridized carbons (Fsp3) is 0.800. The second-order valence-electron chi connectivity index (χ2n) is 2.61. The Morgan fingerprint density at radius 1 is 1.38 bits per heavy atom. The van der Waals surface area contributed by atoms with Crippen LogP contribution in [-0.4, -0.2) is 5.91 Å². The second-order valence-corrected chi connectivity index (χ2v) is 2.61. The van der Waals surface area contributed by atoms with Crippen LogP contribution in [-0.2, 0) is 22.2 Å². The van der Waals surface area contributed by atoms with E-state index in [1.54, 1.807) is 20.8 Å². The second kappa shape index (κ2) is 3.11.